The molecule has 6 heteroatoms. The summed E-state index contributed by atoms with van der Waals surface area (Å²) in [5.74, 6) is 0.289. The van der Waals surface area contributed by atoms with Crippen LogP contribution in [0.5, 0.6) is 0 Å². The molecule has 2 aromatic heterocycles. The predicted octanol–water partition coefficient (Wildman–Crippen LogP) is 1.05. The van der Waals surface area contributed by atoms with E-state index in [-0.39, 0.29) is 0 Å². The van der Waals surface area contributed by atoms with Crippen LogP contribution in [0.15, 0.2) is 24.5 Å². The SMILES string of the molecule is CN(C)c1ncc(-n2ccc(N)n2)cc1F. The molecule has 0 aliphatic rings. The fraction of sp³-hybridized carbons (Fsp3) is 0.200. The molecular weight excluding hydrogens is 209 g/mol. The first-order valence-corrected chi connectivity index (χ1v) is 4.72. The van der Waals surface area contributed by atoms with E-state index in [1.165, 1.54) is 10.7 Å². The van der Waals surface area contributed by atoms with E-state index < -0.39 is 5.82 Å². The van der Waals surface area contributed by atoms with Gasteiger partial charge in [0.1, 0.15) is 5.82 Å². The molecule has 0 atom stereocenters. The Hall–Kier alpha value is -2.11. The van der Waals surface area contributed by atoms with Crippen LogP contribution in [0.3, 0.4) is 0 Å². The van der Waals surface area contributed by atoms with Crippen molar-refractivity contribution in [2.24, 2.45) is 0 Å². The van der Waals surface area contributed by atoms with Crippen molar-refractivity contribution < 1.29 is 4.39 Å². The zero-order valence-electron chi connectivity index (χ0n) is 9.05. The highest BCUT2D eigenvalue weighted by Crippen LogP contribution is 2.17. The highest BCUT2D eigenvalue weighted by atomic mass is 19.1. The molecule has 0 amide bonds. The molecule has 0 unspecified atom stereocenters. The van der Waals surface area contributed by atoms with Crippen LogP contribution >= 0.6 is 0 Å². The number of pyridine rings is 1. The van der Waals surface area contributed by atoms with Crippen molar-refractivity contribution in [3.05, 3.63) is 30.3 Å². The predicted molar refractivity (Wildman–Crippen MR) is 60.1 cm³/mol. The van der Waals surface area contributed by atoms with Crippen molar-refractivity contribution in [2.75, 3.05) is 24.7 Å². The fourth-order valence-electron chi connectivity index (χ4n) is 1.36. The summed E-state index contributed by atoms with van der Waals surface area (Å²) in [6.45, 7) is 0. The van der Waals surface area contributed by atoms with E-state index in [4.69, 9.17) is 5.73 Å². The monoisotopic (exact) mass is 221 g/mol. The Balaban J connectivity index is 2.42. The number of hydrogen-bond donors (Lipinski definition) is 1. The molecule has 0 spiro atoms. The van der Waals surface area contributed by atoms with E-state index in [0.29, 0.717) is 17.3 Å². The summed E-state index contributed by atoms with van der Waals surface area (Å²) < 4.78 is 15.1. The zero-order valence-corrected chi connectivity index (χ0v) is 9.05. The Morgan fingerprint density at radius 2 is 2.19 bits per heavy atom. The second-order valence-electron chi connectivity index (χ2n) is 3.58. The first kappa shape index (κ1) is 10.4. The Morgan fingerprint density at radius 3 is 2.69 bits per heavy atom. The molecule has 5 nitrogen and oxygen atoms in total. The van der Waals surface area contributed by atoms with Gasteiger partial charge < -0.3 is 10.6 Å². The van der Waals surface area contributed by atoms with Gasteiger partial charge in [-0.2, -0.15) is 5.10 Å². The van der Waals surface area contributed by atoms with Gasteiger partial charge in [0.15, 0.2) is 11.6 Å². The lowest BCUT2D eigenvalue weighted by atomic mass is 10.4. The molecule has 84 valence electrons. The molecule has 16 heavy (non-hydrogen) atoms. The quantitative estimate of drug-likeness (QED) is 0.823. The minimum atomic E-state index is -0.392. The van der Waals surface area contributed by atoms with E-state index in [1.807, 2.05) is 0 Å². The molecule has 2 rings (SSSR count). The van der Waals surface area contributed by atoms with Crippen LogP contribution in [0.1, 0.15) is 0 Å². The standard InChI is InChI=1S/C10H12FN5/c1-15(2)10-8(11)5-7(6-13-10)16-4-3-9(12)14-16/h3-6H,1-2H3,(H2,12,14). The smallest absolute Gasteiger partial charge is 0.167 e. The van der Waals surface area contributed by atoms with Crippen molar-refractivity contribution in [2.45, 2.75) is 0 Å². The van der Waals surface area contributed by atoms with Gasteiger partial charge in [-0.1, -0.05) is 0 Å². The third-order valence-corrected chi connectivity index (χ3v) is 2.11. The second-order valence-corrected chi connectivity index (χ2v) is 3.58. The average Bonchev–Trinajstić information content (AvgIpc) is 2.64. The maximum absolute atomic E-state index is 13.6. The molecule has 2 aromatic rings. The number of nitrogens with zero attached hydrogens (tertiary/aromatic N) is 4. The first-order chi connectivity index (χ1) is 7.58. The van der Waals surface area contributed by atoms with Gasteiger partial charge in [-0.15, -0.1) is 0 Å². The Bertz CT molecular complexity index is 506. The van der Waals surface area contributed by atoms with Crippen LogP contribution in [0.2, 0.25) is 0 Å². The molecule has 0 fully saturated rings. The van der Waals surface area contributed by atoms with Gasteiger partial charge >= 0.3 is 0 Å². The fourth-order valence-corrected chi connectivity index (χ4v) is 1.36. The summed E-state index contributed by atoms with van der Waals surface area (Å²) in [7, 11) is 3.47. The number of nitrogens with two attached hydrogens (primary N) is 1. The van der Waals surface area contributed by atoms with Gasteiger partial charge in [0.2, 0.25) is 0 Å². The van der Waals surface area contributed by atoms with Crippen molar-refractivity contribution >= 4 is 11.6 Å². The van der Waals surface area contributed by atoms with E-state index in [9.17, 15) is 4.39 Å². The summed E-state index contributed by atoms with van der Waals surface area (Å²) in [5.41, 5.74) is 6.02. The van der Waals surface area contributed by atoms with E-state index in [2.05, 4.69) is 10.1 Å². The van der Waals surface area contributed by atoms with Gasteiger partial charge in [-0.25, -0.2) is 14.1 Å². The lowest BCUT2D eigenvalue weighted by molar-refractivity contribution is 0.616. The maximum atomic E-state index is 13.6. The highest BCUT2D eigenvalue weighted by molar-refractivity contribution is 5.44. The van der Waals surface area contributed by atoms with Crippen LogP contribution in [0, 0.1) is 5.82 Å². The summed E-state index contributed by atoms with van der Waals surface area (Å²) in [6, 6.07) is 3.01. The van der Waals surface area contributed by atoms with Crippen LogP contribution in [-0.4, -0.2) is 28.9 Å². The summed E-state index contributed by atoms with van der Waals surface area (Å²) in [4.78, 5) is 5.62. The largest absolute Gasteiger partial charge is 0.382 e. The number of hydrogen-bond acceptors (Lipinski definition) is 4. The Morgan fingerprint density at radius 1 is 1.44 bits per heavy atom. The normalized spacial score (nSPS) is 10.4. The van der Waals surface area contributed by atoms with Gasteiger partial charge in [-0.3, -0.25) is 0 Å². The topological polar surface area (TPSA) is 60.0 Å². The number of rotatable bonds is 2. The average molecular weight is 221 g/mol. The highest BCUT2D eigenvalue weighted by Gasteiger charge is 2.08. The summed E-state index contributed by atoms with van der Waals surface area (Å²) >= 11 is 0. The Kier molecular flexibility index (Phi) is 2.47. The minimum absolute atomic E-state index is 0.295. The van der Waals surface area contributed by atoms with Gasteiger partial charge in [-0.05, 0) is 0 Å². The minimum Gasteiger partial charge on any atom is -0.382 e. The number of aromatic nitrogens is 3. The van der Waals surface area contributed by atoms with Gasteiger partial charge in [0.25, 0.3) is 0 Å². The number of nitrogen functional groups attached to an aromatic ring is 1. The summed E-state index contributed by atoms with van der Waals surface area (Å²) in [6.07, 6.45) is 3.20. The molecule has 0 aliphatic carbocycles. The summed E-state index contributed by atoms with van der Waals surface area (Å²) in [5, 5.41) is 3.97. The Labute approximate surface area is 92.3 Å². The molecule has 2 N–H and O–H groups in total. The van der Waals surface area contributed by atoms with Crippen molar-refractivity contribution in [1.29, 1.82) is 0 Å². The molecule has 0 aliphatic heterocycles. The third-order valence-electron chi connectivity index (χ3n) is 2.11. The van der Waals surface area contributed by atoms with Crippen LogP contribution in [0.4, 0.5) is 16.0 Å². The maximum Gasteiger partial charge on any atom is 0.167 e. The molecule has 0 aromatic carbocycles. The molecule has 0 radical (unpaired) electrons. The van der Waals surface area contributed by atoms with Crippen molar-refractivity contribution in [3.8, 4) is 5.69 Å². The van der Waals surface area contributed by atoms with E-state index in [1.54, 1.807) is 37.5 Å². The van der Waals surface area contributed by atoms with Crippen molar-refractivity contribution in [1.82, 2.24) is 14.8 Å². The molecule has 2 heterocycles. The lowest BCUT2D eigenvalue weighted by Crippen LogP contribution is -2.13. The number of halogens is 1. The van der Waals surface area contributed by atoms with Crippen LogP contribution in [-0.2, 0) is 0 Å². The molecule has 0 bridgehead atoms. The van der Waals surface area contributed by atoms with Crippen molar-refractivity contribution in [3.63, 3.8) is 0 Å². The third kappa shape index (κ3) is 1.81. The second kappa shape index (κ2) is 3.80. The number of anilines is 2. The molecule has 0 saturated heterocycles. The van der Waals surface area contributed by atoms with E-state index >= 15 is 0 Å². The zero-order chi connectivity index (χ0) is 11.7. The molecule has 0 saturated carbocycles. The van der Waals surface area contributed by atoms with Gasteiger partial charge in [0, 0.05) is 32.4 Å². The van der Waals surface area contributed by atoms with E-state index in [0.717, 1.165) is 0 Å². The lowest BCUT2D eigenvalue weighted by Gasteiger charge is -2.12. The van der Waals surface area contributed by atoms with Crippen LogP contribution < -0.4 is 10.6 Å². The van der Waals surface area contributed by atoms with Crippen LogP contribution in [0.25, 0.3) is 5.69 Å². The van der Waals surface area contributed by atoms with Gasteiger partial charge in [0.05, 0.1) is 11.9 Å². The first-order valence-electron chi connectivity index (χ1n) is 4.72. The molecular formula is C10H12FN5.